The van der Waals surface area contributed by atoms with Gasteiger partial charge in [0, 0.05) is 19.5 Å². The Bertz CT molecular complexity index is 832. The minimum absolute atomic E-state index is 0.158. The van der Waals surface area contributed by atoms with E-state index in [1.54, 1.807) is 19.2 Å². The number of carbonyl (C=O) groups excluding carboxylic acids is 1. The van der Waals surface area contributed by atoms with Crippen molar-refractivity contribution >= 4 is 17.3 Å². The van der Waals surface area contributed by atoms with Gasteiger partial charge in [-0.25, -0.2) is 0 Å². The van der Waals surface area contributed by atoms with Crippen molar-refractivity contribution in [1.82, 2.24) is 0 Å². The van der Waals surface area contributed by atoms with E-state index in [2.05, 4.69) is 5.32 Å². The van der Waals surface area contributed by atoms with Gasteiger partial charge in [-0.3, -0.25) is 4.79 Å². The summed E-state index contributed by atoms with van der Waals surface area (Å²) in [6, 6.07) is 10.8. The van der Waals surface area contributed by atoms with E-state index >= 15 is 0 Å². The molecule has 2 aromatic rings. The van der Waals surface area contributed by atoms with E-state index in [4.69, 9.17) is 9.47 Å². The number of carbonyl (C=O) groups is 1. The Kier molecular flexibility index (Phi) is 6.64. The number of nitrogens with zero attached hydrogens (tertiary/aromatic N) is 1. The van der Waals surface area contributed by atoms with Gasteiger partial charge in [0.2, 0.25) is 5.91 Å². The van der Waals surface area contributed by atoms with E-state index in [-0.39, 0.29) is 18.0 Å². The van der Waals surface area contributed by atoms with Crippen LogP contribution in [0.5, 0.6) is 5.75 Å². The summed E-state index contributed by atoms with van der Waals surface area (Å²) in [4.78, 5) is 14.4. The average Bonchev–Trinajstić information content (AvgIpc) is 2.72. The second-order valence-corrected chi connectivity index (χ2v) is 6.73. The van der Waals surface area contributed by atoms with Crippen molar-refractivity contribution in [2.24, 2.45) is 0 Å². The van der Waals surface area contributed by atoms with E-state index in [9.17, 15) is 18.0 Å². The van der Waals surface area contributed by atoms with Crippen LogP contribution < -0.4 is 15.0 Å². The third-order valence-electron chi connectivity index (χ3n) is 4.75. The van der Waals surface area contributed by atoms with Crippen LogP contribution in [-0.2, 0) is 22.1 Å². The zero-order valence-corrected chi connectivity index (χ0v) is 16.1. The number of anilines is 2. The number of methoxy groups -OCH3 is 1. The number of benzene rings is 2. The lowest BCUT2D eigenvalue weighted by molar-refractivity contribution is -0.137. The first-order valence-electron chi connectivity index (χ1n) is 9.33. The quantitative estimate of drug-likeness (QED) is 0.781. The molecule has 2 aromatic carbocycles. The number of nitrogens with one attached hydrogen (secondary N) is 1. The van der Waals surface area contributed by atoms with Crippen LogP contribution in [0, 0.1) is 0 Å². The van der Waals surface area contributed by atoms with Crippen molar-refractivity contribution in [3.63, 3.8) is 0 Å². The molecule has 0 bridgehead atoms. The predicted octanol–water partition coefficient (Wildman–Crippen LogP) is 4.12. The largest absolute Gasteiger partial charge is 0.497 e. The maximum atomic E-state index is 13.2. The molecule has 0 radical (unpaired) electrons. The first kappa shape index (κ1) is 21.0. The number of ether oxygens (including phenoxy) is 2. The second-order valence-electron chi connectivity index (χ2n) is 6.73. The molecular formula is C21H23F3N2O3. The lowest BCUT2D eigenvalue weighted by atomic mass is 10.1. The monoisotopic (exact) mass is 408 g/mol. The summed E-state index contributed by atoms with van der Waals surface area (Å²) in [6.45, 7) is 2.10. The zero-order valence-electron chi connectivity index (χ0n) is 16.1. The van der Waals surface area contributed by atoms with Crippen LogP contribution in [0.25, 0.3) is 0 Å². The molecule has 8 heteroatoms. The summed E-state index contributed by atoms with van der Waals surface area (Å²) < 4.78 is 49.9. The maximum Gasteiger partial charge on any atom is 0.416 e. The molecular weight excluding hydrogens is 385 g/mol. The fraction of sp³-hybridized carbons (Fsp3) is 0.381. The topological polar surface area (TPSA) is 50.8 Å². The number of alkyl halides is 3. The Hall–Kier alpha value is -2.74. The van der Waals surface area contributed by atoms with Crippen molar-refractivity contribution in [1.29, 1.82) is 0 Å². The Balaban J connectivity index is 1.73. The highest BCUT2D eigenvalue weighted by Gasteiger charge is 2.31. The molecule has 0 unspecified atom stereocenters. The minimum atomic E-state index is -4.48. The molecule has 1 heterocycles. The van der Waals surface area contributed by atoms with E-state index in [1.807, 2.05) is 17.0 Å². The van der Waals surface area contributed by atoms with E-state index in [1.165, 1.54) is 6.07 Å². The highest BCUT2D eigenvalue weighted by molar-refractivity contribution is 5.94. The summed E-state index contributed by atoms with van der Waals surface area (Å²) >= 11 is 0. The molecule has 29 heavy (non-hydrogen) atoms. The van der Waals surface area contributed by atoms with Gasteiger partial charge in [0.1, 0.15) is 5.75 Å². The lowest BCUT2D eigenvalue weighted by Crippen LogP contribution is -2.36. The molecule has 0 spiro atoms. The molecule has 1 amide bonds. The Morgan fingerprint density at radius 3 is 2.45 bits per heavy atom. The number of morpholine rings is 1. The van der Waals surface area contributed by atoms with Crippen molar-refractivity contribution in [2.75, 3.05) is 43.6 Å². The molecule has 0 atom stereocenters. The number of halogens is 3. The zero-order chi connectivity index (χ0) is 20.9. The van der Waals surface area contributed by atoms with Crippen LogP contribution in [0.4, 0.5) is 24.5 Å². The Morgan fingerprint density at radius 2 is 1.83 bits per heavy atom. The fourth-order valence-corrected chi connectivity index (χ4v) is 3.16. The third kappa shape index (κ3) is 5.63. The SMILES string of the molecule is COc1ccc(CCC(=O)Nc2cc(C(F)(F)F)ccc2N2CCOCC2)cc1. The molecule has 1 N–H and O–H groups in total. The van der Waals surface area contributed by atoms with Gasteiger partial charge in [-0.2, -0.15) is 13.2 Å². The first-order chi connectivity index (χ1) is 13.9. The minimum Gasteiger partial charge on any atom is -0.497 e. The van der Waals surface area contributed by atoms with Gasteiger partial charge in [-0.15, -0.1) is 0 Å². The van der Waals surface area contributed by atoms with Crippen molar-refractivity contribution in [3.05, 3.63) is 53.6 Å². The van der Waals surface area contributed by atoms with Crippen molar-refractivity contribution in [3.8, 4) is 5.75 Å². The number of hydrogen-bond donors (Lipinski definition) is 1. The van der Waals surface area contributed by atoms with Crippen molar-refractivity contribution in [2.45, 2.75) is 19.0 Å². The highest BCUT2D eigenvalue weighted by Crippen LogP contribution is 2.35. The van der Waals surface area contributed by atoms with Crippen LogP contribution >= 0.6 is 0 Å². The fourth-order valence-electron chi connectivity index (χ4n) is 3.16. The van der Waals surface area contributed by atoms with E-state index < -0.39 is 11.7 Å². The molecule has 156 valence electrons. The van der Waals surface area contributed by atoms with Gasteiger partial charge in [-0.05, 0) is 42.3 Å². The van der Waals surface area contributed by atoms with Crippen LogP contribution in [0.3, 0.4) is 0 Å². The van der Waals surface area contributed by atoms with Gasteiger partial charge in [0.15, 0.2) is 0 Å². The Morgan fingerprint density at radius 1 is 1.14 bits per heavy atom. The highest BCUT2D eigenvalue weighted by atomic mass is 19.4. The first-order valence-corrected chi connectivity index (χ1v) is 9.33. The summed E-state index contributed by atoms with van der Waals surface area (Å²) in [5, 5.41) is 2.67. The van der Waals surface area contributed by atoms with Crippen LogP contribution in [0.2, 0.25) is 0 Å². The Labute approximate surface area is 167 Å². The van der Waals surface area contributed by atoms with Gasteiger partial charge >= 0.3 is 6.18 Å². The molecule has 5 nitrogen and oxygen atoms in total. The smallest absolute Gasteiger partial charge is 0.416 e. The van der Waals surface area contributed by atoms with E-state index in [0.717, 1.165) is 23.4 Å². The van der Waals surface area contributed by atoms with E-state index in [0.29, 0.717) is 38.4 Å². The molecule has 1 aliphatic rings. The normalized spacial score (nSPS) is 14.6. The maximum absolute atomic E-state index is 13.2. The summed E-state index contributed by atoms with van der Waals surface area (Å²) in [7, 11) is 1.57. The summed E-state index contributed by atoms with van der Waals surface area (Å²) in [6.07, 6.45) is -3.85. The molecule has 3 rings (SSSR count). The van der Waals surface area contributed by atoms with Gasteiger partial charge in [0.05, 0.1) is 37.3 Å². The standard InChI is InChI=1S/C21H23F3N2O3/c1-28-17-6-2-15(3-7-17)4-9-20(27)25-18-14-16(21(22,23)24)5-8-19(18)26-10-12-29-13-11-26/h2-3,5-8,14H,4,9-13H2,1H3,(H,25,27). The molecule has 1 aliphatic heterocycles. The average molecular weight is 408 g/mol. The summed E-state index contributed by atoms with van der Waals surface area (Å²) in [5.74, 6) is 0.381. The van der Waals surface area contributed by atoms with Crippen LogP contribution in [0.1, 0.15) is 17.5 Å². The molecule has 0 aromatic heterocycles. The number of hydrogen-bond acceptors (Lipinski definition) is 4. The van der Waals surface area contributed by atoms with Gasteiger partial charge in [-0.1, -0.05) is 12.1 Å². The predicted molar refractivity (Wildman–Crippen MR) is 104 cm³/mol. The summed E-state index contributed by atoms with van der Waals surface area (Å²) in [5.41, 5.74) is 0.888. The van der Waals surface area contributed by atoms with Crippen LogP contribution in [0.15, 0.2) is 42.5 Å². The molecule has 0 saturated carbocycles. The second kappa shape index (κ2) is 9.17. The molecule has 1 fully saturated rings. The van der Waals surface area contributed by atoms with Gasteiger partial charge < -0.3 is 19.7 Å². The number of rotatable bonds is 6. The lowest BCUT2D eigenvalue weighted by Gasteiger charge is -2.31. The third-order valence-corrected chi connectivity index (χ3v) is 4.75. The van der Waals surface area contributed by atoms with Gasteiger partial charge in [0.25, 0.3) is 0 Å². The molecule has 0 aliphatic carbocycles. The van der Waals surface area contributed by atoms with Crippen molar-refractivity contribution < 1.29 is 27.4 Å². The number of aryl methyl sites for hydroxylation is 1. The number of amides is 1. The molecule has 1 saturated heterocycles. The van der Waals surface area contributed by atoms with Crippen LogP contribution in [-0.4, -0.2) is 39.3 Å².